The number of hydrogen-bond acceptors (Lipinski definition) is 4. The van der Waals surface area contributed by atoms with Gasteiger partial charge in [-0.05, 0) is 37.8 Å². The van der Waals surface area contributed by atoms with E-state index in [0.717, 1.165) is 25.9 Å². The maximum atomic E-state index is 12.2. The number of hydrogen-bond donors (Lipinski definition) is 1. The summed E-state index contributed by atoms with van der Waals surface area (Å²) in [7, 11) is -3.11. The summed E-state index contributed by atoms with van der Waals surface area (Å²) in [5, 5.41) is 3.19. The number of sulfonamides is 1. The van der Waals surface area contributed by atoms with Crippen molar-refractivity contribution in [1.29, 1.82) is 0 Å². The highest BCUT2D eigenvalue weighted by molar-refractivity contribution is 7.88. The van der Waals surface area contributed by atoms with Crippen molar-refractivity contribution in [1.82, 2.24) is 9.62 Å². The van der Waals surface area contributed by atoms with Crippen molar-refractivity contribution >= 4 is 15.8 Å². The predicted molar refractivity (Wildman–Crippen MR) is 74.3 cm³/mol. The molecule has 0 aromatic heterocycles. The maximum Gasteiger partial charge on any atom is 0.211 e. The van der Waals surface area contributed by atoms with E-state index in [1.807, 2.05) is 6.92 Å². The number of carbonyl (C=O) groups is 1. The van der Waals surface area contributed by atoms with Gasteiger partial charge in [0.1, 0.15) is 5.78 Å². The van der Waals surface area contributed by atoms with Gasteiger partial charge in [-0.15, -0.1) is 0 Å². The van der Waals surface area contributed by atoms with E-state index >= 15 is 0 Å². The van der Waals surface area contributed by atoms with Crippen molar-refractivity contribution in [3.05, 3.63) is 0 Å². The Hall–Kier alpha value is -0.460. The normalized spacial score (nSPS) is 27.8. The van der Waals surface area contributed by atoms with Crippen LogP contribution >= 0.6 is 0 Å². The second-order valence-electron chi connectivity index (χ2n) is 6.01. The fourth-order valence-corrected chi connectivity index (χ4v) is 3.83. The number of Topliss-reactive ketones (excluding diaryl/α,β-unsaturated/α-hetero) is 1. The number of ketones is 1. The number of nitrogens with one attached hydrogen (secondary N) is 1. The molecule has 5 nitrogen and oxygen atoms in total. The third-order valence-corrected chi connectivity index (χ3v) is 5.74. The third kappa shape index (κ3) is 3.77. The summed E-state index contributed by atoms with van der Waals surface area (Å²) >= 11 is 0. The minimum atomic E-state index is -3.11. The highest BCUT2D eigenvalue weighted by Crippen LogP contribution is 2.25. The van der Waals surface area contributed by atoms with E-state index in [0.29, 0.717) is 31.2 Å². The molecule has 6 heteroatoms. The lowest BCUT2D eigenvalue weighted by molar-refractivity contribution is -0.125. The zero-order valence-corrected chi connectivity index (χ0v) is 12.6. The zero-order chi connectivity index (χ0) is 14.0. The van der Waals surface area contributed by atoms with Crippen molar-refractivity contribution in [3.63, 3.8) is 0 Å². The van der Waals surface area contributed by atoms with Gasteiger partial charge in [0.15, 0.2) is 0 Å². The summed E-state index contributed by atoms with van der Waals surface area (Å²) in [6, 6.07) is 0. The van der Waals surface area contributed by atoms with Crippen LogP contribution in [-0.2, 0) is 14.8 Å². The second kappa shape index (κ2) is 5.89. The number of rotatable bonds is 5. The summed E-state index contributed by atoms with van der Waals surface area (Å²) in [4.78, 5) is 12.2. The molecular weight excluding hydrogens is 264 g/mol. The van der Waals surface area contributed by atoms with Gasteiger partial charge in [0, 0.05) is 25.4 Å². The Kier molecular flexibility index (Phi) is 4.63. The summed E-state index contributed by atoms with van der Waals surface area (Å²) < 4.78 is 24.6. The van der Waals surface area contributed by atoms with E-state index in [-0.39, 0.29) is 11.8 Å². The topological polar surface area (TPSA) is 66.5 Å². The first-order chi connectivity index (χ1) is 8.88. The van der Waals surface area contributed by atoms with Gasteiger partial charge < -0.3 is 5.32 Å². The third-order valence-electron chi connectivity index (χ3n) is 4.47. The van der Waals surface area contributed by atoms with Crippen LogP contribution in [0.5, 0.6) is 0 Å². The highest BCUT2D eigenvalue weighted by Gasteiger charge is 2.32. The Labute approximate surface area is 115 Å². The summed E-state index contributed by atoms with van der Waals surface area (Å²) in [5.74, 6) is 1.08. The molecule has 2 unspecified atom stereocenters. The molecule has 2 fully saturated rings. The van der Waals surface area contributed by atoms with E-state index in [2.05, 4.69) is 5.32 Å². The monoisotopic (exact) mass is 288 g/mol. The molecule has 0 aromatic rings. The quantitative estimate of drug-likeness (QED) is 0.799. The zero-order valence-electron chi connectivity index (χ0n) is 11.8. The first-order valence-electron chi connectivity index (χ1n) is 7.06. The van der Waals surface area contributed by atoms with Gasteiger partial charge in [-0.2, -0.15) is 0 Å². The van der Waals surface area contributed by atoms with Gasteiger partial charge >= 0.3 is 0 Å². The van der Waals surface area contributed by atoms with E-state index in [9.17, 15) is 13.2 Å². The summed E-state index contributed by atoms with van der Waals surface area (Å²) in [5.41, 5.74) is 0. The van der Waals surface area contributed by atoms with Crippen molar-refractivity contribution in [2.75, 3.05) is 32.4 Å². The largest absolute Gasteiger partial charge is 0.316 e. The Morgan fingerprint density at radius 2 is 2.11 bits per heavy atom. The molecule has 0 bridgehead atoms. The molecule has 0 radical (unpaired) electrons. The average Bonchev–Trinajstić information content (AvgIpc) is 2.25. The van der Waals surface area contributed by atoms with E-state index in [1.54, 1.807) is 0 Å². The molecule has 2 rings (SSSR count). The molecule has 0 aromatic carbocycles. The van der Waals surface area contributed by atoms with E-state index < -0.39 is 10.0 Å². The lowest BCUT2D eigenvalue weighted by Gasteiger charge is -2.34. The van der Waals surface area contributed by atoms with Gasteiger partial charge in [0.05, 0.1) is 6.26 Å². The van der Waals surface area contributed by atoms with Gasteiger partial charge in [-0.3, -0.25) is 4.79 Å². The van der Waals surface area contributed by atoms with Crippen LogP contribution in [0.3, 0.4) is 0 Å². The molecule has 0 spiro atoms. The fourth-order valence-electron chi connectivity index (χ4n) is 2.89. The van der Waals surface area contributed by atoms with Crippen molar-refractivity contribution in [2.24, 2.45) is 17.8 Å². The Balaban J connectivity index is 1.86. The highest BCUT2D eigenvalue weighted by atomic mass is 32.2. The smallest absolute Gasteiger partial charge is 0.211 e. The maximum absolute atomic E-state index is 12.2. The molecule has 2 saturated heterocycles. The van der Waals surface area contributed by atoms with Crippen molar-refractivity contribution < 1.29 is 13.2 Å². The van der Waals surface area contributed by atoms with Crippen LogP contribution in [0.2, 0.25) is 0 Å². The van der Waals surface area contributed by atoms with Gasteiger partial charge in [0.25, 0.3) is 0 Å². The molecule has 2 heterocycles. The van der Waals surface area contributed by atoms with E-state index in [4.69, 9.17) is 0 Å². The number of nitrogens with zero attached hydrogens (tertiary/aromatic N) is 1. The first-order valence-corrected chi connectivity index (χ1v) is 8.91. The van der Waals surface area contributed by atoms with Crippen LogP contribution in [-0.4, -0.2) is 50.9 Å². The first kappa shape index (κ1) is 14.9. The molecule has 0 amide bonds. The average molecular weight is 288 g/mol. The Morgan fingerprint density at radius 3 is 2.63 bits per heavy atom. The Bertz CT molecular complexity index is 431. The standard InChI is InChI=1S/C13H24N2O3S/c1-10(12-7-14-8-12)13(16)6-11-4-3-5-15(9-11)19(2,17)18/h10-12,14H,3-9H2,1-2H3. The SMILES string of the molecule is CC(C(=O)CC1CCCN(S(C)(=O)=O)C1)C1CNC1. The molecule has 0 aliphatic carbocycles. The van der Waals surface area contributed by atoms with Crippen LogP contribution in [0.4, 0.5) is 0 Å². The molecule has 2 aliphatic rings. The lowest BCUT2D eigenvalue weighted by Crippen LogP contribution is -2.48. The van der Waals surface area contributed by atoms with Crippen LogP contribution in [0.25, 0.3) is 0 Å². The summed E-state index contributed by atoms with van der Waals surface area (Å²) in [6.07, 6.45) is 3.61. The number of piperidine rings is 1. The summed E-state index contributed by atoms with van der Waals surface area (Å²) in [6.45, 7) is 5.00. The van der Waals surface area contributed by atoms with Crippen LogP contribution in [0.1, 0.15) is 26.2 Å². The molecule has 2 atom stereocenters. The van der Waals surface area contributed by atoms with Crippen molar-refractivity contribution in [2.45, 2.75) is 26.2 Å². The molecule has 1 N–H and O–H groups in total. The van der Waals surface area contributed by atoms with Crippen LogP contribution < -0.4 is 5.32 Å². The lowest BCUT2D eigenvalue weighted by atomic mass is 9.81. The number of carbonyl (C=O) groups excluding carboxylic acids is 1. The fraction of sp³-hybridized carbons (Fsp3) is 0.923. The molecular formula is C13H24N2O3S. The van der Waals surface area contributed by atoms with Gasteiger partial charge in [-0.1, -0.05) is 6.92 Å². The minimum Gasteiger partial charge on any atom is -0.316 e. The molecule has 2 aliphatic heterocycles. The van der Waals surface area contributed by atoms with E-state index in [1.165, 1.54) is 10.6 Å². The van der Waals surface area contributed by atoms with Crippen molar-refractivity contribution in [3.8, 4) is 0 Å². The van der Waals surface area contributed by atoms with Crippen LogP contribution in [0.15, 0.2) is 0 Å². The molecule has 19 heavy (non-hydrogen) atoms. The predicted octanol–water partition coefficient (Wildman–Crippen LogP) is 0.473. The Morgan fingerprint density at radius 1 is 1.42 bits per heavy atom. The second-order valence-corrected chi connectivity index (χ2v) is 7.99. The molecule has 110 valence electrons. The molecule has 0 saturated carbocycles. The minimum absolute atomic E-state index is 0.106. The van der Waals surface area contributed by atoms with Crippen LogP contribution in [0, 0.1) is 17.8 Å². The van der Waals surface area contributed by atoms with Gasteiger partial charge in [0.2, 0.25) is 10.0 Å². The van der Waals surface area contributed by atoms with Gasteiger partial charge in [-0.25, -0.2) is 12.7 Å².